The molecule has 1 amide bonds. The van der Waals surface area contributed by atoms with Crippen LogP contribution in [-0.4, -0.2) is 23.0 Å². The third-order valence-electron chi connectivity index (χ3n) is 2.20. The Kier molecular flexibility index (Phi) is 5.43. The molecular formula is C11H13BrClN3O2. The van der Waals surface area contributed by atoms with Crippen molar-refractivity contribution >= 4 is 39.3 Å². The number of hydrogen-bond acceptors (Lipinski definition) is 3. The molecule has 0 aliphatic heterocycles. The lowest BCUT2D eigenvalue weighted by Gasteiger charge is -2.13. The minimum absolute atomic E-state index is 0.0695. The largest absolute Gasteiger partial charge is 0.409 e. The fourth-order valence-electron chi connectivity index (χ4n) is 1.35. The second kappa shape index (κ2) is 6.61. The Morgan fingerprint density at radius 1 is 1.67 bits per heavy atom. The first-order chi connectivity index (χ1) is 8.43. The van der Waals surface area contributed by atoms with Gasteiger partial charge in [0.2, 0.25) is 0 Å². The van der Waals surface area contributed by atoms with Crippen LogP contribution in [0.25, 0.3) is 0 Å². The number of carbonyl (C=O) groups is 1. The van der Waals surface area contributed by atoms with E-state index in [1.807, 2.05) is 0 Å². The highest BCUT2D eigenvalue weighted by atomic mass is 79.9. The summed E-state index contributed by atoms with van der Waals surface area (Å²) < 4.78 is 0.654. The van der Waals surface area contributed by atoms with Gasteiger partial charge in [-0.15, -0.1) is 0 Å². The van der Waals surface area contributed by atoms with Crippen molar-refractivity contribution in [2.24, 2.45) is 10.9 Å². The van der Waals surface area contributed by atoms with E-state index in [0.717, 1.165) is 0 Å². The lowest BCUT2D eigenvalue weighted by atomic mass is 10.1. The van der Waals surface area contributed by atoms with Crippen LogP contribution < -0.4 is 11.1 Å². The van der Waals surface area contributed by atoms with Gasteiger partial charge in [0, 0.05) is 22.5 Å². The lowest BCUT2D eigenvalue weighted by molar-refractivity contribution is 0.0941. The molecule has 0 fully saturated rings. The number of halogens is 2. The van der Waals surface area contributed by atoms with E-state index >= 15 is 0 Å². The van der Waals surface area contributed by atoms with E-state index in [1.165, 1.54) is 0 Å². The van der Waals surface area contributed by atoms with E-state index in [1.54, 1.807) is 25.1 Å². The molecule has 0 saturated heterocycles. The summed E-state index contributed by atoms with van der Waals surface area (Å²) in [4.78, 5) is 11.9. The summed E-state index contributed by atoms with van der Waals surface area (Å²) in [5, 5.41) is 14.6. The number of amides is 1. The van der Waals surface area contributed by atoms with Crippen LogP contribution in [0.3, 0.4) is 0 Å². The molecule has 5 nitrogen and oxygen atoms in total. The van der Waals surface area contributed by atoms with Gasteiger partial charge in [-0.25, -0.2) is 0 Å². The summed E-state index contributed by atoms with van der Waals surface area (Å²) in [5.74, 6) is -0.175. The zero-order valence-corrected chi connectivity index (χ0v) is 12.0. The Labute approximate surface area is 118 Å². The maximum absolute atomic E-state index is 11.9. The molecule has 0 aromatic heterocycles. The van der Waals surface area contributed by atoms with Gasteiger partial charge in [-0.3, -0.25) is 4.79 Å². The highest BCUT2D eigenvalue weighted by Gasteiger charge is 2.12. The van der Waals surface area contributed by atoms with Crippen LogP contribution in [0.2, 0.25) is 5.02 Å². The number of nitrogens with two attached hydrogens (primary N) is 1. The van der Waals surface area contributed by atoms with Gasteiger partial charge in [0.05, 0.1) is 5.02 Å². The Hall–Kier alpha value is -1.27. The number of benzene rings is 1. The van der Waals surface area contributed by atoms with Crippen LogP contribution >= 0.6 is 27.5 Å². The maximum atomic E-state index is 11.9. The van der Waals surface area contributed by atoms with Crippen LogP contribution in [0.5, 0.6) is 0 Å². The molecule has 0 saturated carbocycles. The third-order valence-corrected chi connectivity index (χ3v) is 3.42. The van der Waals surface area contributed by atoms with Gasteiger partial charge < -0.3 is 16.3 Å². The number of carbonyl (C=O) groups excluding carboxylic acids is 1. The van der Waals surface area contributed by atoms with Crippen molar-refractivity contribution in [2.45, 2.75) is 19.4 Å². The summed E-state index contributed by atoms with van der Waals surface area (Å²) in [7, 11) is 0. The van der Waals surface area contributed by atoms with E-state index in [9.17, 15) is 4.79 Å². The molecule has 1 atom stereocenters. The quantitative estimate of drug-likeness (QED) is 0.342. The smallest absolute Gasteiger partial charge is 0.251 e. The first kappa shape index (κ1) is 14.8. The molecular weight excluding hydrogens is 321 g/mol. The summed E-state index contributed by atoms with van der Waals surface area (Å²) >= 11 is 9.09. The summed E-state index contributed by atoms with van der Waals surface area (Å²) in [6, 6.07) is 4.66. The van der Waals surface area contributed by atoms with Crippen LogP contribution in [-0.2, 0) is 0 Å². The molecule has 0 aliphatic carbocycles. The van der Waals surface area contributed by atoms with Crippen LogP contribution in [0.15, 0.2) is 27.8 Å². The van der Waals surface area contributed by atoms with Gasteiger partial charge in [-0.2, -0.15) is 0 Å². The van der Waals surface area contributed by atoms with Crippen molar-refractivity contribution in [3.05, 3.63) is 33.3 Å². The van der Waals surface area contributed by atoms with Crippen molar-refractivity contribution in [2.75, 3.05) is 0 Å². The second-order valence-electron chi connectivity index (χ2n) is 3.80. The molecule has 7 heteroatoms. The topological polar surface area (TPSA) is 87.7 Å². The minimum atomic E-state index is -0.245. The van der Waals surface area contributed by atoms with Crippen LogP contribution in [0, 0.1) is 0 Å². The van der Waals surface area contributed by atoms with Crippen LogP contribution in [0.4, 0.5) is 0 Å². The SMILES string of the molecule is CC(C/C(N)=N/O)NC(=O)c1ccc(Cl)c(Br)c1. The zero-order chi connectivity index (χ0) is 13.7. The van der Waals surface area contributed by atoms with Gasteiger partial charge in [-0.05, 0) is 41.1 Å². The maximum Gasteiger partial charge on any atom is 0.251 e. The highest BCUT2D eigenvalue weighted by molar-refractivity contribution is 9.10. The van der Waals surface area contributed by atoms with Crippen molar-refractivity contribution in [1.29, 1.82) is 0 Å². The van der Waals surface area contributed by atoms with E-state index in [-0.39, 0.29) is 24.2 Å². The fraction of sp³-hybridized carbons (Fsp3) is 0.273. The number of nitrogens with zero attached hydrogens (tertiary/aromatic N) is 1. The number of rotatable bonds is 4. The Morgan fingerprint density at radius 2 is 2.33 bits per heavy atom. The molecule has 98 valence electrons. The molecule has 1 aromatic rings. The lowest BCUT2D eigenvalue weighted by Crippen LogP contribution is -2.35. The molecule has 0 heterocycles. The summed E-state index contributed by atoms with van der Waals surface area (Å²) in [6.45, 7) is 1.76. The van der Waals surface area contributed by atoms with Crippen molar-refractivity contribution in [1.82, 2.24) is 5.32 Å². The number of amidine groups is 1. The van der Waals surface area contributed by atoms with Gasteiger partial charge in [0.25, 0.3) is 5.91 Å². The zero-order valence-electron chi connectivity index (χ0n) is 9.65. The molecule has 1 rings (SSSR count). The molecule has 4 N–H and O–H groups in total. The standard InChI is InChI=1S/C11H13BrClN3O2/c1-6(4-10(14)16-18)15-11(17)7-2-3-9(13)8(12)5-7/h2-3,5-6,18H,4H2,1H3,(H2,14,16)(H,15,17). The van der Waals surface area contributed by atoms with E-state index in [0.29, 0.717) is 15.1 Å². The van der Waals surface area contributed by atoms with E-state index in [4.69, 9.17) is 22.5 Å². The first-order valence-electron chi connectivity index (χ1n) is 5.16. The van der Waals surface area contributed by atoms with E-state index in [2.05, 4.69) is 26.4 Å². The van der Waals surface area contributed by atoms with Crippen molar-refractivity contribution < 1.29 is 10.0 Å². The van der Waals surface area contributed by atoms with Gasteiger partial charge >= 0.3 is 0 Å². The number of oxime groups is 1. The second-order valence-corrected chi connectivity index (χ2v) is 5.06. The molecule has 18 heavy (non-hydrogen) atoms. The highest BCUT2D eigenvalue weighted by Crippen LogP contribution is 2.23. The molecule has 0 radical (unpaired) electrons. The van der Waals surface area contributed by atoms with Crippen molar-refractivity contribution in [3.8, 4) is 0 Å². The van der Waals surface area contributed by atoms with Crippen LogP contribution in [0.1, 0.15) is 23.7 Å². The van der Waals surface area contributed by atoms with Gasteiger partial charge in [0.1, 0.15) is 5.84 Å². The van der Waals surface area contributed by atoms with Gasteiger partial charge in [-0.1, -0.05) is 16.8 Å². The molecule has 1 aromatic carbocycles. The normalized spacial score (nSPS) is 13.2. The summed E-state index contributed by atoms with van der Waals surface area (Å²) in [5.41, 5.74) is 5.84. The predicted molar refractivity (Wildman–Crippen MR) is 74.1 cm³/mol. The Balaban J connectivity index is 2.67. The minimum Gasteiger partial charge on any atom is -0.409 e. The Morgan fingerprint density at radius 3 is 2.89 bits per heavy atom. The molecule has 0 spiro atoms. The average Bonchev–Trinajstić information content (AvgIpc) is 2.32. The summed E-state index contributed by atoms with van der Waals surface area (Å²) in [6.07, 6.45) is 0.275. The number of nitrogens with one attached hydrogen (secondary N) is 1. The fourth-order valence-corrected chi connectivity index (χ4v) is 1.85. The van der Waals surface area contributed by atoms with Crippen molar-refractivity contribution in [3.63, 3.8) is 0 Å². The molecule has 0 bridgehead atoms. The van der Waals surface area contributed by atoms with E-state index < -0.39 is 0 Å². The third kappa shape index (κ3) is 4.19. The average molecular weight is 335 g/mol. The first-order valence-corrected chi connectivity index (χ1v) is 6.33. The predicted octanol–water partition coefficient (Wildman–Crippen LogP) is 2.36. The monoisotopic (exact) mass is 333 g/mol. The molecule has 0 aliphatic rings. The van der Waals surface area contributed by atoms with Gasteiger partial charge in [0.15, 0.2) is 0 Å². The molecule has 1 unspecified atom stereocenters. The Bertz CT molecular complexity index is 479. The number of hydrogen-bond donors (Lipinski definition) is 3.